The van der Waals surface area contributed by atoms with Crippen LogP contribution >= 0.6 is 0 Å². The van der Waals surface area contributed by atoms with Crippen LogP contribution in [-0.4, -0.2) is 11.1 Å². The number of unbranched alkanes of at least 4 members (excludes halogenated alkanes) is 5. The highest BCUT2D eigenvalue weighted by atomic mass is 16.4. The minimum absolute atomic E-state index is 0.288. The lowest BCUT2D eigenvalue weighted by atomic mass is 9.89. The van der Waals surface area contributed by atoms with Gasteiger partial charge in [-0.25, -0.2) is 0 Å². The lowest BCUT2D eigenvalue weighted by Crippen LogP contribution is -2.05. The number of carbonyl (C=O) groups is 1. The Morgan fingerprint density at radius 2 is 0.733 bits per heavy atom. The van der Waals surface area contributed by atoms with E-state index in [1.807, 2.05) is 0 Å². The van der Waals surface area contributed by atoms with Crippen molar-refractivity contribution in [3.05, 3.63) is 104 Å². The molecule has 0 fully saturated rings. The Morgan fingerprint density at radius 1 is 0.500 bits per heavy atom. The molecule has 0 atom stereocenters. The van der Waals surface area contributed by atoms with Gasteiger partial charge in [-0.05, 0) is 138 Å². The summed E-state index contributed by atoms with van der Waals surface area (Å²) in [4.78, 5) is 10.2. The average molecular weight is 416 g/mol. The maximum Gasteiger partial charge on any atom is 0.303 e. The molecule has 1 N–H and O–H groups in total. The van der Waals surface area contributed by atoms with Crippen LogP contribution in [0.15, 0.2) is 0 Å². The van der Waals surface area contributed by atoms with Crippen LogP contribution in [0.5, 0.6) is 0 Å². The zero-order valence-corrected chi connectivity index (χ0v) is 19.6. The van der Waals surface area contributed by atoms with Crippen molar-refractivity contribution in [2.24, 2.45) is 21.7 Å². The summed E-state index contributed by atoms with van der Waals surface area (Å²) in [6.07, 6.45) is 7.70. The lowest BCUT2D eigenvalue weighted by Gasteiger charge is -2.16. The average Bonchev–Trinajstić information content (AvgIpc) is 2.34. The van der Waals surface area contributed by atoms with Gasteiger partial charge in [-0.3, -0.25) is 4.79 Å². The number of carboxylic acids is 1. The molecule has 0 aromatic carbocycles. The van der Waals surface area contributed by atoms with Crippen LogP contribution in [0, 0.1) is 126 Å². The van der Waals surface area contributed by atoms with Crippen molar-refractivity contribution in [3.8, 4) is 0 Å². The van der Waals surface area contributed by atoms with E-state index in [1.54, 1.807) is 0 Å². The smallest absolute Gasteiger partial charge is 0.303 e. The van der Waals surface area contributed by atoms with E-state index in [2.05, 4.69) is 104 Å². The van der Waals surface area contributed by atoms with Crippen molar-refractivity contribution in [1.29, 1.82) is 0 Å². The predicted molar refractivity (Wildman–Crippen MR) is 135 cm³/mol. The van der Waals surface area contributed by atoms with Crippen molar-refractivity contribution < 1.29 is 9.90 Å². The SMILES string of the molecule is [CH2]C([CH2])([CH2])CCCCCCCCC(=O)O.[CH2]C([CH2])([CH2])[CH2].[CH2]C([CH2])([CH2])[CH2].[CH2]C([CH2])([CH2])[CH2]. The standard InChI is InChI=1S/C13H23O2.3C5H8/c1-13(2,3)11-9-7-5-4-6-8-10-12(14)15;3*1-5(2,3)4/h1-11H2,(H,14,15);3*1-4H2. The molecule has 0 aliphatic carbocycles. The molecule has 0 bridgehead atoms. The molecule has 0 heterocycles. The second kappa shape index (κ2) is 18.1. The van der Waals surface area contributed by atoms with Crippen molar-refractivity contribution in [1.82, 2.24) is 0 Å². The van der Waals surface area contributed by atoms with Gasteiger partial charge in [0, 0.05) is 6.42 Å². The number of hydrogen-bond acceptors (Lipinski definition) is 1. The molecule has 0 unspecified atom stereocenters. The molecule has 0 saturated heterocycles. The second-order valence-electron chi connectivity index (χ2n) is 9.02. The first-order chi connectivity index (χ1) is 12.9. The fourth-order valence-corrected chi connectivity index (χ4v) is 1.48. The Morgan fingerprint density at radius 3 is 0.967 bits per heavy atom. The van der Waals surface area contributed by atoms with Crippen LogP contribution in [0.2, 0.25) is 0 Å². The molecule has 0 aromatic rings. The summed E-state index contributed by atoms with van der Waals surface area (Å²) in [6, 6.07) is 0. The van der Waals surface area contributed by atoms with Crippen LogP contribution in [0.1, 0.15) is 51.4 Å². The summed E-state index contributed by atoms with van der Waals surface area (Å²) in [5.74, 6) is -0.689. The van der Waals surface area contributed by atoms with Crippen molar-refractivity contribution in [2.45, 2.75) is 51.4 Å². The van der Waals surface area contributed by atoms with Gasteiger partial charge >= 0.3 is 5.97 Å². The molecule has 0 aromatic heterocycles. The Labute approximate surface area is 193 Å². The van der Waals surface area contributed by atoms with Crippen LogP contribution in [-0.2, 0) is 4.79 Å². The molecule has 0 aliphatic heterocycles. The van der Waals surface area contributed by atoms with Gasteiger partial charge in [-0.15, -0.1) is 0 Å². The number of aliphatic carboxylic acids is 1. The fraction of sp³-hybridized carbons (Fsp3) is 0.429. The molecule has 2 heteroatoms. The van der Waals surface area contributed by atoms with Gasteiger partial charge in [0.15, 0.2) is 0 Å². The van der Waals surface area contributed by atoms with Gasteiger partial charge in [0.2, 0.25) is 0 Å². The molecule has 2 nitrogen and oxygen atoms in total. The van der Waals surface area contributed by atoms with Gasteiger partial charge < -0.3 is 5.11 Å². The van der Waals surface area contributed by atoms with Gasteiger partial charge in [0.05, 0.1) is 0 Å². The Bertz CT molecular complexity index is 321. The second-order valence-corrected chi connectivity index (χ2v) is 9.02. The van der Waals surface area contributed by atoms with Crippen molar-refractivity contribution in [3.63, 3.8) is 0 Å². The van der Waals surface area contributed by atoms with E-state index in [0.717, 1.165) is 32.1 Å². The minimum atomic E-state index is -0.689. The summed E-state index contributed by atoms with van der Waals surface area (Å²) in [5.41, 5.74) is -1.79. The highest BCUT2D eigenvalue weighted by molar-refractivity contribution is 5.66. The maximum atomic E-state index is 10.2. The highest BCUT2D eigenvalue weighted by Crippen LogP contribution is 2.21. The molecule has 0 amide bonds. The Kier molecular flexibility index (Phi) is 22.2. The molecular formula is C28H47O2. The number of hydrogen-bond donors (Lipinski definition) is 1. The summed E-state index contributed by atoms with van der Waals surface area (Å²) >= 11 is 0. The van der Waals surface area contributed by atoms with Crippen LogP contribution in [0.3, 0.4) is 0 Å². The molecule has 30 heavy (non-hydrogen) atoms. The van der Waals surface area contributed by atoms with E-state index in [0.29, 0.717) is 6.42 Å². The van der Waals surface area contributed by atoms with Crippen LogP contribution in [0.25, 0.3) is 0 Å². The number of rotatable bonds is 9. The highest BCUT2D eigenvalue weighted by Gasteiger charge is 2.09. The molecule has 171 valence electrons. The van der Waals surface area contributed by atoms with Crippen LogP contribution in [0.4, 0.5) is 0 Å². The zero-order chi connectivity index (χ0) is 25.2. The van der Waals surface area contributed by atoms with E-state index in [-0.39, 0.29) is 5.41 Å². The molecule has 15 radical (unpaired) electrons. The van der Waals surface area contributed by atoms with E-state index in [9.17, 15) is 4.79 Å². The first kappa shape index (κ1) is 36.8. The van der Waals surface area contributed by atoms with E-state index in [4.69, 9.17) is 5.11 Å². The molecule has 0 spiro atoms. The molecule has 0 saturated carbocycles. The van der Waals surface area contributed by atoms with E-state index >= 15 is 0 Å². The quantitative estimate of drug-likeness (QED) is 0.393. The Hall–Kier alpha value is -0.530. The van der Waals surface area contributed by atoms with Crippen molar-refractivity contribution in [2.75, 3.05) is 0 Å². The molecular weight excluding hydrogens is 368 g/mol. The molecule has 0 rings (SSSR count). The predicted octanol–water partition coefficient (Wildman–Crippen LogP) is 7.61. The third-order valence-corrected chi connectivity index (χ3v) is 2.35. The first-order valence-corrected chi connectivity index (χ1v) is 9.94. The summed E-state index contributed by atoms with van der Waals surface area (Å²) in [5, 5.41) is 8.42. The maximum absolute atomic E-state index is 10.2. The zero-order valence-electron chi connectivity index (χ0n) is 19.6. The third-order valence-electron chi connectivity index (χ3n) is 2.35. The fourth-order valence-electron chi connectivity index (χ4n) is 1.48. The summed E-state index contributed by atoms with van der Waals surface area (Å²) < 4.78 is 0. The first-order valence-electron chi connectivity index (χ1n) is 9.94. The van der Waals surface area contributed by atoms with Crippen molar-refractivity contribution >= 4 is 5.97 Å². The number of carboxylic acid groups (broad SMARTS) is 1. The summed E-state index contributed by atoms with van der Waals surface area (Å²) in [7, 11) is 0. The monoisotopic (exact) mass is 415 g/mol. The third kappa shape index (κ3) is 146. The van der Waals surface area contributed by atoms with Gasteiger partial charge in [-0.2, -0.15) is 0 Å². The largest absolute Gasteiger partial charge is 0.481 e. The van der Waals surface area contributed by atoms with Gasteiger partial charge in [-0.1, -0.05) is 32.1 Å². The lowest BCUT2D eigenvalue weighted by molar-refractivity contribution is -0.137. The Balaban J connectivity index is -0.000000184. The van der Waals surface area contributed by atoms with Crippen LogP contribution < -0.4 is 0 Å². The summed E-state index contributed by atoms with van der Waals surface area (Å²) in [6.45, 7) is 52.8. The minimum Gasteiger partial charge on any atom is -0.481 e. The van der Waals surface area contributed by atoms with E-state index < -0.39 is 22.2 Å². The molecule has 0 aliphatic rings. The van der Waals surface area contributed by atoms with E-state index in [1.165, 1.54) is 12.8 Å². The normalized spacial score (nSPS) is 11.8. The van der Waals surface area contributed by atoms with Gasteiger partial charge in [0.25, 0.3) is 0 Å². The van der Waals surface area contributed by atoms with Gasteiger partial charge in [0.1, 0.15) is 0 Å². The topological polar surface area (TPSA) is 37.3 Å².